The number of carbonyl (C=O) groups excluding carboxylic acids is 1. The maximum Gasteiger partial charge on any atom is 0.262 e. The van der Waals surface area contributed by atoms with E-state index in [0.29, 0.717) is 34.3 Å². The van der Waals surface area contributed by atoms with E-state index in [-0.39, 0.29) is 11.5 Å². The lowest BCUT2D eigenvalue weighted by molar-refractivity contribution is -0.131. The normalized spacial score (nSPS) is 21.9. The number of nitrogens with zero attached hydrogens (tertiary/aromatic N) is 3. The Kier molecular flexibility index (Phi) is 6.58. The molecule has 2 fully saturated rings. The number of benzene rings is 1. The highest BCUT2D eigenvalue weighted by Gasteiger charge is 2.32. The quantitative estimate of drug-likeness (QED) is 0.523. The number of carbonyl (C=O) groups is 1. The van der Waals surface area contributed by atoms with Crippen molar-refractivity contribution in [3.8, 4) is 0 Å². The van der Waals surface area contributed by atoms with E-state index < -0.39 is 0 Å². The van der Waals surface area contributed by atoms with E-state index in [1.54, 1.807) is 4.57 Å². The molecule has 5 nitrogen and oxygen atoms in total. The molecule has 0 spiro atoms. The molecule has 2 aromatic rings. The Hall–Kier alpha value is -1.82. The Morgan fingerprint density at radius 1 is 1.17 bits per heavy atom. The minimum absolute atomic E-state index is 0.00187. The summed E-state index contributed by atoms with van der Waals surface area (Å²) in [7, 11) is 0. The van der Waals surface area contributed by atoms with E-state index >= 15 is 0 Å². The maximum atomic E-state index is 13.0. The lowest BCUT2D eigenvalue weighted by atomic mass is 9.75. The van der Waals surface area contributed by atoms with Crippen molar-refractivity contribution < 1.29 is 4.79 Å². The van der Waals surface area contributed by atoms with Gasteiger partial charge in [0, 0.05) is 19.6 Å². The fourth-order valence-corrected chi connectivity index (χ4v) is 5.74. The van der Waals surface area contributed by atoms with Gasteiger partial charge in [0.05, 0.1) is 16.7 Å². The van der Waals surface area contributed by atoms with Crippen molar-refractivity contribution in [2.45, 2.75) is 63.6 Å². The van der Waals surface area contributed by atoms with Gasteiger partial charge in [0.15, 0.2) is 5.16 Å². The molecular formula is C23H31N3O2S. The zero-order chi connectivity index (χ0) is 20.2. The lowest BCUT2D eigenvalue weighted by Crippen LogP contribution is -2.45. The molecule has 1 aliphatic heterocycles. The second-order valence-electron chi connectivity index (χ2n) is 8.44. The SMILES string of the molecule is CCCCn1c(SCC(=O)N2CC[C@@H]3CCCC[C@@H]3C2)nc2ccccc2c1=O. The number of para-hydroxylation sites is 1. The van der Waals surface area contributed by atoms with Crippen LogP contribution in [0.5, 0.6) is 0 Å². The summed E-state index contributed by atoms with van der Waals surface area (Å²) in [4.78, 5) is 32.7. The summed E-state index contributed by atoms with van der Waals surface area (Å²) in [6, 6.07) is 7.49. The highest BCUT2D eigenvalue weighted by molar-refractivity contribution is 7.99. The Labute approximate surface area is 176 Å². The van der Waals surface area contributed by atoms with Crippen LogP contribution in [0.25, 0.3) is 10.9 Å². The van der Waals surface area contributed by atoms with Gasteiger partial charge in [-0.15, -0.1) is 0 Å². The number of unbranched alkanes of at least 4 members (excludes halogenated alkanes) is 1. The number of piperidine rings is 1. The molecule has 0 bridgehead atoms. The lowest BCUT2D eigenvalue weighted by Gasteiger charge is -2.41. The van der Waals surface area contributed by atoms with Crippen LogP contribution in [0.3, 0.4) is 0 Å². The van der Waals surface area contributed by atoms with Crippen LogP contribution in [0.4, 0.5) is 0 Å². The Morgan fingerprint density at radius 3 is 2.79 bits per heavy atom. The minimum atomic E-state index is 0.00187. The molecule has 1 saturated heterocycles. The van der Waals surface area contributed by atoms with Gasteiger partial charge in [-0.25, -0.2) is 4.98 Å². The molecule has 1 amide bonds. The van der Waals surface area contributed by atoms with Crippen molar-refractivity contribution in [2.24, 2.45) is 11.8 Å². The molecule has 1 aromatic carbocycles. The van der Waals surface area contributed by atoms with Crippen LogP contribution in [0.2, 0.25) is 0 Å². The average Bonchev–Trinajstić information content (AvgIpc) is 2.76. The molecule has 4 rings (SSSR count). The topological polar surface area (TPSA) is 55.2 Å². The number of rotatable bonds is 6. The highest BCUT2D eigenvalue weighted by atomic mass is 32.2. The van der Waals surface area contributed by atoms with Crippen LogP contribution in [-0.4, -0.2) is 39.2 Å². The molecule has 1 aliphatic carbocycles. The molecular weight excluding hydrogens is 382 g/mol. The van der Waals surface area contributed by atoms with Crippen molar-refractivity contribution >= 4 is 28.6 Å². The Balaban J connectivity index is 1.48. The predicted octanol–water partition coefficient (Wildman–Crippen LogP) is 4.33. The first-order valence-electron chi connectivity index (χ1n) is 11.1. The van der Waals surface area contributed by atoms with E-state index in [2.05, 4.69) is 11.8 Å². The molecule has 2 atom stereocenters. The summed E-state index contributed by atoms with van der Waals surface area (Å²) in [5, 5.41) is 1.32. The van der Waals surface area contributed by atoms with Crippen LogP contribution in [0.15, 0.2) is 34.2 Å². The zero-order valence-electron chi connectivity index (χ0n) is 17.3. The van der Waals surface area contributed by atoms with Crippen molar-refractivity contribution in [1.29, 1.82) is 0 Å². The maximum absolute atomic E-state index is 13.0. The molecule has 29 heavy (non-hydrogen) atoms. The predicted molar refractivity (Wildman–Crippen MR) is 118 cm³/mol. The fourth-order valence-electron chi connectivity index (χ4n) is 4.82. The zero-order valence-corrected chi connectivity index (χ0v) is 18.1. The number of thioether (sulfide) groups is 1. The van der Waals surface area contributed by atoms with Crippen LogP contribution in [0, 0.1) is 11.8 Å². The first-order chi connectivity index (χ1) is 14.2. The molecule has 0 N–H and O–H groups in total. The van der Waals surface area contributed by atoms with Gasteiger partial charge >= 0.3 is 0 Å². The third-order valence-corrected chi connectivity index (χ3v) is 7.49. The molecule has 0 unspecified atom stereocenters. The third kappa shape index (κ3) is 4.52. The first-order valence-corrected chi connectivity index (χ1v) is 12.1. The van der Waals surface area contributed by atoms with Crippen molar-refractivity contribution in [2.75, 3.05) is 18.8 Å². The molecule has 1 aromatic heterocycles. The van der Waals surface area contributed by atoms with Crippen molar-refractivity contribution in [1.82, 2.24) is 14.5 Å². The summed E-state index contributed by atoms with van der Waals surface area (Å²) < 4.78 is 1.76. The van der Waals surface area contributed by atoms with Gasteiger partial charge in [-0.2, -0.15) is 0 Å². The van der Waals surface area contributed by atoms with E-state index in [1.165, 1.54) is 37.4 Å². The van der Waals surface area contributed by atoms with Crippen LogP contribution >= 0.6 is 11.8 Å². The number of aromatic nitrogens is 2. The van der Waals surface area contributed by atoms with Gasteiger partial charge < -0.3 is 4.90 Å². The summed E-state index contributed by atoms with van der Waals surface area (Å²) in [5.74, 6) is 2.05. The second-order valence-corrected chi connectivity index (χ2v) is 9.39. The van der Waals surface area contributed by atoms with Gasteiger partial charge in [0.1, 0.15) is 0 Å². The van der Waals surface area contributed by atoms with E-state index in [9.17, 15) is 9.59 Å². The van der Waals surface area contributed by atoms with Crippen LogP contribution < -0.4 is 5.56 Å². The molecule has 2 heterocycles. The van der Waals surface area contributed by atoms with Gasteiger partial charge in [0.2, 0.25) is 5.91 Å². The molecule has 156 valence electrons. The van der Waals surface area contributed by atoms with E-state index in [4.69, 9.17) is 4.98 Å². The third-order valence-electron chi connectivity index (χ3n) is 6.53. The van der Waals surface area contributed by atoms with Crippen LogP contribution in [-0.2, 0) is 11.3 Å². The number of fused-ring (bicyclic) bond motifs is 2. The van der Waals surface area contributed by atoms with E-state index in [0.717, 1.165) is 38.3 Å². The summed E-state index contributed by atoms with van der Waals surface area (Å²) >= 11 is 1.42. The highest BCUT2D eigenvalue weighted by Crippen LogP contribution is 2.36. The first kappa shape index (κ1) is 20.5. The van der Waals surface area contributed by atoms with Gasteiger partial charge in [-0.1, -0.05) is 56.5 Å². The summed E-state index contributed by atoms with van der Waals surface area (Å²) in [5.41, 5.74) is 0.713. The second kappa shape index (κ2) is 9.33. The molecule has 1 saturated carbocycles. The monoisotopic (exact) mass is 413 g/mol. The fraction of sp³-hybridized carbons (Fsp3) is 0.609. The Morgan fingerprint density at radius 2 is 1.97 bits per heavy atom. The number of hydrogen-bond donors (Lipinski definition) is 0. The van der Waals surface area contributed by atoms with Crippen LogP contribution in [0.1, 0.15) is 51.9 Å². The van der Waals surface area contributed by atoms with Gasteiger partial charge in [0.25, 0.3) is 5.56 Å². The summed E-state index contributed by atoms with van der Waals surface area (Å²) in [6.07, 6.45) is 8.36. The Bertz CT molecular complexity index is 926. The largest absolute Gasteiger partial charge is 0.342 e. The standard InChI is InChI=1S/C23H31N3O2S/c1-2-3-13-26-22(28)19-10-6-7-11-20(19)24-23(26)29-16-21(27)25-14-12-17-8-4-5-9-18(17)15-25/h6-7,10-11,17-18H,2-5,8-9,12-16H2,1H3/t17-,18+/m0/s1. The van der Waals surface area contributed by atoms with Crippen molar-refractivity contribution in [3.05, 3.63) is 34.6 Å². The molecule has 0 radical (unpaired) electrons. The average molecular weight is 414 g/mol. The number of likely N-dealkylation sites (tertiary alicyclic amines) is 1. The number of amides is 1. The van der Waals surface area contributed by atoms with Crippen molar-refractivity contribution in [3.63, 3.8) is 0 Å². The summed E-state index contributed by atoms with van der Waals surface area (Å²) in [6.45, 7) is 4.56. The number of hydrogen-bond acceptors (Lipinski definition) is 4. The van der Waals surface area contributed by atoms with Gasteiger partial charge in [-0.05, 0) is 43.2 Å². The van der Waals surface area contributed by atoms with Gasteiger partial charge in [-0.3, -0.25) is 14.2 Å². The molecule has 2 aliphatic rings. The molecule has 6 heteroatoms. The smallest absolute Gasteiger partial charge is 0.262 e. The van der Waals surface area contributed by atoms with E-state index in [1.807, 2.05) is 24.3 Å². The minimum Gasteiger partial charge on any atom is -0.342 e.